The van der Waals surface area contributed by atoms with E-state index in [4.69, 9.17) is 14.2 Å². The molecule has 0 amide bonds. The van der Waals surface area contributed by atoms with Crippen LogP contribution in [0.15, 0.2) is 18.2 Å². The van der Waals surface area contributed by atoms with Gasteiger partial charge in [-0.2, -0.15) is 0 Å². The molecule has 0 bridgehead atoms. The summed E-state index contributed by atoms with van der Waals surface area (Å²) in [5.41, 5.74) is 1.19. The zero-order valence-corrected chi connectivity index (χ0v) is 11.5. The van der Waals surface area contributed by atoms with Crippen LogP contribution in [0.5, 0.6) is 11.5 Å². The molecule has 4 nitrogen and oxygen atoms in total. The molecule has 0 spiro atoms. The molecule has 1 rings (SSSR count). The molecule has 1 aromatic carbocycles. The van der Waals surface area contributed by atoms with E-state index in [0.29, 0.717) is 19.8 Å². The summed E-state index contributed by atoms with van der Waals surface area (Å²) in [5.74, 6) is 1.53. The monoisotopic (exact) mass is 253 g/mol. The van der Waals surface area contributed by atoms with Gasteiger partial charge in [-0.1, -0.05) is 13.0 Å². The van der Waals surface area contributed by atoms with E-state index in [1.807, 2.05) is 25.1 Å². The smallest absolute Gasteiger partial charge is 0.161 e. The lowest BCUT2D eigenvalue weighted by atomic mass is 10.2. The Morgan fingerprint density at radius 1 is 1.11 bits per heavy atom. The van der Waals surface area contributed by atoms with Gasteiger partial charge in [0.05, 0.1) is 13.7 Å². The third-order valence-electron chi connectivity index (χ3n) is 2.50. The predicted molar refractivity (Wildman–Crippen MR) is 72.4 cm³/mol. The molecule has 0 aliphatic heterocycles. The lowest BCUT2D eigenvalue weighted by Gasteiger charge is -2.12. The summed E-state index contributed by atoms with van der Waals surface area (Å²) in [4.78, 5) is 0. The Kier molecular flexibility index (Phi) is 7.22. The highest BCUT2D eigenvalue weighted by atomic mass is 16.5. The fraction of sp³-hybridized carbons (Fsp3) is 0.571. The fourth-order valence-electron chi connectivity index (χ4n) is 1.57. The Morgan fingerprint density at radius 3 is 2.61 bits per heavy atom. The van der Waals surface area contributed by atoms with Gasteiger partial charge in [-0.25, -0.2) is 0 Å². The first kappa shape index (κ1) is 14.8. The lowest BCUT2D eigenvalue weighted by Crippen LogP contribution is -2.12. The van der Waals surface area contributed by atoms with E-state index in [1.54, 1.807) is 7.11 Å². The topological polar surface area (TPSA) is 39.7 Å². The SMILES string of the molecule is CCNCc1ccc(OCCOCC)c(OC)c1. The third kappa shape index (κ3) is 4.94. The van der Waals surface area contributed by atoms with Crippen molar-refractivity contribution in [3.63, 3.8) is 0 Å². The van der Waals surface area contributed by atoms with Crippen molar-refractivity contribution in [2.45, 2.75) is 20.4 Å². The maximum atomic E-state index is 5.62. The van der Waals surface area contributed by atoms with Crippen molar-refractivity contribution in [1.29, 1.82) is 0 Å². The van der Waals surface area contributed by atoms with Gasteiger partial charge in [0.25, 0.3) is 0 Å². The Labute approximate surface area is 109 Å². The first-order chi connectivity index (χ1) is 8.81. The number of hydrogen-bond acceptors (Lipinski definition) is 4. The van der Waals surface area contributed by atoms with E-state index >= 15 is 0 Å². The van der Waals surface area contributed by atoms with E-state index in [1.165, 1.54) is 5.56 Å². The van der Waals surface area contributed by atoms with E-state index < -0.39 is 0 Å². The van der Waals surface area contributed by atoms with Crippen LogP contribution in [0.2, 0.25) is 0 Å². The molecule has 4 heteroatoms. The van der Waals surface area contributed by atoms with Crippen LogP contribution in [0, 0.1) is 0 Å². The zero-order chi connectivity index (χ0) is 13.2. The summed E-state index contributed by atoms with van der Waals surface area (Å²) in [5, 5.41) is 3.28. The summed E-state index contributed by atoms with van der Waals surface area (Å²) in [6.07, 6.45) is 0. The number of rotatable bonds is 9. The van der Waals surface area contributed by atoms with Gasteiger partial charge in [0.15, 0.2) is 11.5 Å². The summed E-state index contributed by atoms with van der Waals surface area (Å²) in [6.45, 7) is 7.69. The molecule has 0 aromatic heterocycles. The fourth-order valence-corrected chi connectivity index (χ4v) is 1.57. The van der Waals surface area contributed by atoms with Gasteiger partial charge in [0.2, 0.25) is 0 Å². The molecule has 1 aromatic rings. The maximum absolute atomic E-state index is 5.62. The van der Waals surface area contributed by atoms with Crippen molar-refractivity contribution in [3.05, 3.63) is 23.8 Å². The molecule has 0 aliphatic carbocycles. The second kappa shape index (κ2) is 8.78. The molecule has 18 heavy (non-hydrogen) atoms. The standard InChI is InChI=1S/C14H23NO3/c1-4-15-11-12-6-7-13(14(10-12)16-3)18-9-8-17-5-2/h6-7,10,15H,4-5,8-9,11H2,1-3H3. The number of hydrogen-bond donors (Lipinski definition) is 1. The second-order valence-corrected chi connectivity index (χ2v) is 3.81. The highest BCUT2D eigenvalue weighted by molar-refractivity contribution is 5.42. The second-order valence-electron chi connectivity index (χ2n) is 3.81. The zero-order valence-electron chi connectivity index (χ0n) is 11.5. The average molecular weight is 253 g/mol. The van der Waals surface area contributed by atoms with Crippen LogP contribution >= 0.6 is 0 Å². The number of benzene rings is 1. The quantitative estimate of drug-likeness (QED) is 0.685. The molecule has 0 saturated heterocycles. The Morgan fingerprint density at radius 2 is 1.94 bits per heavy atom. The van der Waals surface area contributed by atoms with Gasteiger partial charge in [-0.05, 0) is 31.2 Å². The number of nitrogens with one attached hydrogen (secondary N) is 1. The highest BCUT2D eigenvalue weighted by Crippen LogP contribution is 2.27. The summed E-state index contributed by atoms with van der Waals surface area (Å²) < 4.78 is 16.2. The average Bonchev–Trinajstić information content (AvgIpc) is 2.42. The lowest BCUT2D eigenvalue weighted by molar-refractivity contribution is 0.109. The van der Waals surface area contributed by atoms with Gasteiger partial charge < -0.3 is 19.5 Å². The molecular formula is C14H23NO3. The van der Waals surface area contributed by atoms with Crippen molar-refractivity contribution in [1.82, 2.24) is 5.32 Å². The molecule has 0 atom stereocenters. The predicted octanol–water partition coefficient (Wildman–Crippen LogP) is 2.22. The number of ether oxygens (including phenoxy) is 3. The summed E-state index contributed by atoms with van der Waals surface area (Å²) in [6, 6.07) is 5.98. The maximum Gasteiger partial charge on any atom is 0.161 e. The molecule has 0 fully saturated rings. The minimum atomic E-state index is 0.538. The van der Waals surface area contributed by atoms with Crippen LogP contribution in [0.25, 0.3) is 0 Å². The first-order valence-electron chi connectivity index (χ1n) is 6.40. The Hall–Kier alpha value is -1.26. The van der Waals surface area contributed by atoms with E-state index in [2.05, 4.69) is 12.2 Å². The minimum absolute atomic E-state index is 0.538. The molecule has 0 aliphatic rings. The molecule has 0 unspecified atom stereocenters. The number of methoxy groups -OCH3 is 1. The van der Waals surface area contributed by atoms with Crippen molar-refractivity contribution in [2.24, 2.45) is 0 Å². The van der Waals surface area contributed by atoms with Crippen LogP contribution in [0.4, 0.5) is 0 Å². The van der Waals surface area contributed by atoms with E-state index in [0.717, 1.165) is 24.6 Å². The summed E-state index contributed by atoms with van der Waals surface area (Å²) >= 11 is 0. The minimum Gasteiger partial charge on any atom is -0.493 e. The van der Waals surface area contributed by atoms with Crippen LogP contribution in [0.3, 0.4) is 0 Å². The van der Waals surface area contributed by atoms with Gasteiger partial charge in [0, 0.05) is 13.2 Å². The first-order valence-corrected chi connectivity index (χ1v) is 6.40. The van der Waals surface area contributed by atoms with Crippen molar-refractivity contribution >= 4 is 0 Å². The van der Waals surface area contributed by atoms with Crippen LogP contribution in [-0.2, 0) is 11.3 Å². The largest absolute Gasteiger partial charge is 0.493 e. The van der Waals surface area contributed by atoms with Crippen LogP contribution < -0.4 is 14.8 Å². The normalized spacial score (nSPS) is 10.4. The van der Waals surface area contributed by atoms with Crippen molar-refractivity contribution < 1.29 is 14.2 Å². The molecule has 102 valence electrons. The molecule has 0 radical (unpaired) electrons. The molecule has 1 N–H and O–H groups in total. The van der Waals surface area contributed by atoms with Crippen molar-refractivity contribution in [2.75, 3.05) is 33.5 Å². The summed E-state index contributed by atoms with van der Waals surface area (Å²) in [7, 11) is 1.65. The molecular weight excluding hydrogens is 230 g/mol. The highest BCUT2D eigenvalue weighted by Gasteiger charge is 2.05. The van der Waals surface area contributed by atoms with E-state index in [9.17, 15) is 0 Å². The van der Waals surface area contributed by atoms with Gasteiger partial charge >= 0.3 is 0 Å². The Bertz CT molecular complexity index is 342. The molecule has 0 heterocycles. The van der Waals surface area contributed by atoms with Crippen LogP contribution in [0.1, 0.15) is 19.4 Å². The van der Waals surface area contributed by atoms with Gasteiger partial charge in [-0.3, -0.25) is 0 Å². The third-order valence-corrected chi connectivity index (χ3v) is 2.50. The van der Waals surface area contributed by atoms with E-state index in [-0.39, 0.29) is 0 Å². The Balaban J connectivity index is 2.56. The van der Waals surface area contributed by atoms with Gasteiger partial charge in [-0.15, -0.1) is 0 Å². The molecule has 0 saturated carbocycles. The van der Waals surface area contributed by atoms with Crippen LogP contribution in [-0.4, -0.2) is 33.5 Å². The van der Waals surface area contributed by atoms with Crippen molar-refractivity contribution in [3.8, 4) is 11.5 Å². The van der Waals surface area contributed by atoms with Gasteiger partial charge in [0.1, 0.15) is 6.61 Å².